The first-order valence-electron chi connectivity index (χ1n) is 7.91. The van der Waals surface area contributed by atoms with Crippen LogP contribution in [0, 0.1) is 0 Å². The number of rotatable bonds is 4. The third-order valence-electron chi connectivity index (χ3n) is 4.26. The molecule has 1 aromatic carbocycles. The molecule has 0 bridgehead atoms. The highest BCUT2D eigenvalue weighted by Crippen LogP contribution is 2.38. The van der Waals surface area contributed by atoms with Gasteiger partial charge in [-0.15, -0.1) is 0 Å². The Morgan fingerprint density at radius 2 is 2.12 bits per heavy atom. The second-order valence-corrected chi connectivity index (χ2v) is 5.76. The van der Waals surface area contributed by atoms with Crippen LogP contribution in [-0.4, -0.2) is 41.5 Å². The number of ether oxygens (including phenoxy) is 2. The molecular formula is C17H22N4O3. The molecule has 1 N–H and O–H groups in total. The number of carbonyl (C=O) groups is 1. The summed E-state index contributed by atoms with van der Waals surface area (Å²) in [6.07, 6.45) is 3.65. The average Bonchev–Trinajstić information content (AvgIpc) is 3.23. The van der Waals surface area contributed by atoms with Crippen LogP contribution in [0.4, 0.5) is 10.6 Å². The van der Waals surface area contributed by atoms with E-state index in [0.717, 1.165) is 29.9 Å². The maximum absolute atomic E-state index is 12.6. The van der Waals surface area contributed by atoms with Crippen LogP contribution in [0.25, 0.3) is 0 Å². The number of carbonyl (C=O) groups excluding carboxylic acids is 1. The molecule has 0 saturated carbocycles. The van der Waals surface area contributed by atoms with Crippen molar-refractivity contribution in [2.75, 3.05) is 26.1 Å². The van der Waals surface area contributed by atoms with Gasteiger partial charge < -0.3 is 14.4 Å². The number of nitrogens with one attached hydrogen (secondary N) is 1. The summed E-state index contributed by atoms with van der Waals surface area (Å²) in [5, 5.41) is 7.05. The van der Waals surface area contributed by atoms with Gasteiger partial charge in [0.05, 0.1) is 20.3 Å². The molecule has 1 unspecified atom stereocenters. The summed E-state index contributed by atoms with van der Waals surface area (Å²) < 4.78 is 12.4. The van der Waals surface area contributed by atoms with E-state index >= 15 is 0 Å². The minimum Gasteiger partial charge on any atom is -0.497 e. The van der Waals surface area contributed by atoms with Gasteiger partial charge >= 0.3 is 6.03 Å². The van der Waals surface area contributed by atoms with Crippen LogP contribution in [0.5, 0.6) is 11.5 Å². The van der Waals surface area contributed by atoms with Crippen LogP contribution >= 0.6 is 0 Å². The van der Waals surface area contributed by atoms with Crippen molar-refractivity contribution >= 4 is 11.8 Å². The van der Waals surface area contributed by atoms with Crippen LogP contribution in [0.2, 0.25) is 0 Å². The standard InChI is InChI=1S/C17H22N4O3/c1-20-10-8-16(19-20)18-17(22)21-9-4-5-14(21)13-7-6-12(23-2)11-15(13)24-3/h6-8,10-11,14H,4-5,9H2,1-3H3,(H,18,19,22). The van der Waals surface area contributed by atoms with E-state index in [1.54, 1.807) is 31.2 Å². The molecule has 0 radical (unpaired) electrons. The summed E-state index contributed by atoms with van der Waals surface area (Å²) in [5.74, 6) is 2.02. The monoisotopic (exact) mass is 330 g/mol. The summed E-state index contributed by atoms with van der Waals surface area (Å²) in [6, 6.07) is 7.32. The quantitative estimate of drug-likeness (QED) is 0.936. The lowest BCUT2D eigenvalue weighted by Crippen LogP contribution is -2.34. The molecule has 0 spiro atoms. The van der Waals surface area contributed by atoms with Crippen molar-refractivity contribution in [3.8, 4) is 11.5 Å². The lowest BCUT2D eigenvalue weighted by Gasteiger charge is -2.26. The van der Waals surface area contributed by atoms with Crippen molar-refractivity contribution in [2.24, 2.45) is 7.05 Å². The van der Waals surface area contributed by atoms with Gasteiger partial charge in [-0.05, 0) is 25.0 Å². The first kappa shape index (κ1) is 16.2. The van der Waals surface area contributed by atoms with Gasteiger partial charge in [0, 0.05) is 37.5 Å². The Morgan fingerprint density at radius 3 is 2.79 bits per heavy atom. The minimum absolute atomic E-state index is 0.0189. The van der Waals surface area contributed by atoms with E-state index in [-0.39, 0.29) is 12.1 Å². The highest BCUT2D eigenvalue weighted by atomic mass is 16.5. The Morgan fingerprint density at radius 1 is 1.29 bits per heavy atom. The molecule has 1 atom stereocenters. The number of likely N-dealkylation sites (tertiary alicyclic amines) is 1. The zero-order valence-corrected chi connectivity index (χ0v) is 14.2. The zero-order valence-electron chi connectivity index (χ0n) is 14.2. The molecule has 1 aliphatic heterocycles. The van der Waals surface area contributed by atoms with E-state index in [4.69, 9.17) is 9.47 Å². The van der Waals surface area contributed by atoms with Gasteiger partial charge in [0.15, 0.2) is 5.82 Å². The Balaban J connectivity index is 1.81. The molecule has 128 valence electrons. The maximum atomic E-state index is 12.6. The summed E-state index contributed by atoms with van der Waals surface area (Å²) in [7, 11) is 5.07. The molecule has 1 fully saturated rings. The van der Waals surface area contributed by atoms with Gasteiger partial charge in [0.1, 0.15) is 11.5 Å². The molecule has 2 amide bonds. The summed E-state index contributed by atoms with van der Waals surface area (Å²) >= 11 is 0. The zero-order chi connectivity index (χ0) is 17.1. The molecule has 24 heavy (non-hydrogen) atoms. The van der Waals surface area contributed by atoms with E-state index < -0.39 is 0 Å². The van der Waals surface area contributed by atoms with E-state index in [1.807, 2.05) is 30.1 Å². The van der Waals surface area contributed by atoms with Gasteiger partial charge in [0.25, 0.3) is 0 Å². The molecule has 2 aromatic rings. The number of benzene rings is 1. The van der Waals surface area contributed by atoms with Crippen LogP contribution in [0.1, 0.15) is 24.4 Å². The smallest absolute Gasteiger partial charge is 0.323 e. The summed E-state index contributed by atoms with van der Waals surface area (Å²) in [5.41, 5.74) is 0.993. The molecule has 7 heteroatoms. The van der Waals surface area contributed by atoms with E-state index in [0.29, 0.717) is 12.4 Å². The predicted molar refractivity (Wildman–Crippen MR) is 90.5 cm³/mol. The largest absolute Gasteiger partial charge is 0.497 e. The van der Waals surface area contributed by atoms with Crippen molar-refractivity contribution in [1.82, 2.24) is 14.7 Å². The highest BCUT2D eigenvalue weighted by molar-refractivity contribution is 5.88. The SMILES string of the molecule is COc1ccc(C2CCCN2C(=O)Nc2ccn(C)n2)c(OC)c1. The Bertz CT molecular complexity index is 728. The second-order valence-electron chi connectivity index (χ2n) is 5.76. The Kier molecular flexibility index (Phi) is 4.59. The third kappa shape index (κ3) is 3.15. The lowest BCUT2D eigenvalue weighted by atomic mass is 10.0. The molecule has 0 aliphatic carbocycles. The molecule has 3 rings (SSSR count). The minimum atomic E-state index is -0.144. The Hall–Kier alpha value is -2.70. The fourth-order valence-electron chi connectivity index (χ4n) is 3.09. The molecule has 7 nitrogen and oxygen atoms in total. The van der Waals surface area contributed by atoms with Crippen molar-refractivity contribution in [2.45, 2.75) is 18.9 Å². The topological polar surface area (TPSA) is 68.6 Å². The number of hydrogen-bond acceptors (Lipinski definition) is 4. The number of hydrogen-bond donors (Lipinski definition) is 1. The number of urea groups is 1. The predicted octanol–water partition coefficient (Wildman–Crippen LogP) is 2.81. The average molecular weight is 330 g/mol. The van der Waals surface area contributed by atoms with Gasteiger partial charge in [-0.2, -0.15) is 5.10 Å². The molecule has 1 aromatic heterocycles. The fraction of sp³-hybridized carbons (Fsp3) is 0.412. The first-order valence-corrected chi connectivity index (χ1v) is 7.91. The summed E-state index contributed by atoms with van der Waals surface area (Å²) in [4.78, 5) is 14.5. The molecule has 1 aliphatic rings. The van der Waals surface area contributed by atoms with Crippen molar-refractivity contribution in [3.05, 3.63) is 36.0 Å². The first-order chi connectivity index (χ1) is 11.6. The molecule has 1 saturated heterocycles. The maximum Gasteiger partial charge on any atom is 0.323 e. The van der Waals surface area contributed by atoms with Crippen molar-refractivity contribution in [1.29, 1.82) is 0 Å². The molecular weight excluding hydrogens is 308 g/mol. The fourth-order valence-corrected chi connectivity index (χ4v) is 3.09. The molecule has 2 heterocycles. The number of anilines is 1. The van der Waals surface area contributed by atoms with Crippen molar-refractivity contribution in [3.63, 3.8) is 0 Å². The number of nitrogens with zero attached hydrogens (tertiary/aromatic N) is 3. The van der Waals surface area contributed by atoms with E-state index in [9.17, 15) is 4.79 Å². The van der Waals surface area contributed by atoms with Gasteiger partial charge in [-0.25, -0.2) is 4.79 Å². The van der Waals surface area contributed by atoms with Crippen LogP contribution in [0.15, 0.2) is 30.5 Å². The Labute approximate surface area is 141 Å². The number of aryl methyl sites for hydroxylation is 1. The van der Waals surface area contributed by atoms with Crippen LogP contribution in [0.3, 0.4) is 0 Å². The van der Waals surface area contributed by atoms with Gasteiger partial charge in [-0.1, -0.05) is 0 Å². The third-order valence-corrected chi connectivity index (χ3v) is 4.26. The van der Waals surface area contributed by atoms with Gasteiger partial charge in [0.2, 0.25) is 0 Å². The van der Waals surface area contributed by atoms with E-state index in [1.165, 1.54) is 0 Å². The number of amides is 2. The second kappa shape index (κ2) is 6.82. The van der Waals surface area contributed by atoms with Crippen LogP contribution < -0.4 is 14.8 Å². The highest BCUT2D eigenvalue weighted by Gasteiger charge is 2.32. The number of aromatic nitrogens is 2. The van der Waals surface area contributed by atoms with Crippen LogP contribution in [-0.2, 0) is 7.05 Å². The summed E-state index contributed by atoms with van der Waals surface area (Å²) in [6.45, 7) is 0.707. The van der Waals surface area contributed by atoms with Gasteiger partial charge in [-0.3, -0.25) is 10.00 Å². The number of methoxy groups -OCH3 is 2. The normalized spacial score (nSPS) is 17.0. The lowest BCUT2D eigenvalue weighted by molar-refractivity contribution is 0.206. The van der Waals surface area contributed by atoms with E-state index in [2.05, 4.69) is 10.4 Å². The van der Waals surface area contributed by atoms with Crippen molar-refractivity contribution < 1.29 is 14.3 Å².